The molecule has 21 heavy (non-hydrogen) atoms. The first kappa shape index (κ1) is 15.9. The van der Waals surface area contributed by atoms with Crippen molar-refractivity contribution >= 4 is 27.3 Å². The van der Waals surface area contributed by atoms with Crippen LogP contribution >= 0.6 is 15.9 Å². The third kappa shape index (κ3) is 3.79. The number of halogens is 1. The van der Waals surface area contributed by atoms with Crippen LogP contribution in [-0.2, 0) is 0 Å². The van der Waals surface area contributed by atoms with Crippen molar-refractivity contribution in [3.8, 4) is 0 Å². The summed E-state index contributed by atoms with van der Waals surface area (Å²) in [6.07, 6.45) is 0. The summed E-state index contributed by atoms with van der Waals surface area (Å²) < 4.78 is 1.13. The van der Waals surface area contributed by atoms with E-state index >= 15 is 0 Å². The number of aryl methyl sites for hydroxylation is 2. The maximum Gasteiger partial charge on any atom is 0.0485 e. The number of nitrogens with zero attached hydrogens (tertiary/aromatic N) is 1. The summed E-state index contributed by atoms with van der Waals surface area (Å²) in [5.41, 5.74) is 6.27. The van der Waals surface area contributed by atoms with Gasteiger partial charge in [-0.15, -0.1) is 0 Å². The minimum absolute atomic E-state index is 0.278. The summed E-state index contributed by atoms with van der Waals surface area (Å²) in [5.74, 6) is 0. The molecule has 0 amide bonds. The molecule has 2 aromatic rings. The Kier molecular flexibility index (Phi) is 4.94. The summed E-state index contributed by atoms with van der Waals surface area (Å²) >= 11 is 3.55. The highest BCUT2D eigenvalue weighted by Crippen LogP contribution is 2.29. The number of hydrogen-bond donors (Lipinski definition) is 1. The van der Waals surface area contributed by atoms with Gasteiger partial charge in [0, 0.05) is 36.0 Å². The number of anilines is 2. The maximum absolute atomic E-state index is 3.64. The fourth-order valence-corrected chi connectivity index (χ4v) is 3.19. The number of hydrogen-bond acceptors (Lipinski definition) is 2. The van der Waals surface area contributed by atoms with Crippen LogP contribution in [0.1, 0.15) is 29.7 Å². The summed E-state index contributed by atoms with van der Waals surface area (Å²) in [6.45, 7) is 6.48. The molecule has 0 heterocycles. The van der Waals surface area contributed by atoms with Crippen molar-refractivity contribution < 1.29 is 0 Å². The van der Waals surface area contributed by atoms with Crippen molar-refractivity contribution in [1.29, 1.82) is 0 Å². The van der Waals surface area contributed by atoms with Crippen LogP contribution in [-0.4, -0.2) is 14.1 Å². The van der Waals surface area contributed by atoms with E-state index < -0.39 is 0 Å². The molecular weight excluding hydrogens is 324 g/mol. The van der Waals surface area contributed by atoms with E-state index in [1.54, 1.807) is 0 Å². The average molecular weight is 347 g/mol. The molecule has 1 atom stereocenters. The van der Waals surface area contributed by atoms with E-state index in [1.807, 2.05) is 0 Å². The lowest BCUT2D eigenvalue weighted by Gasteiger charge is -2.21. The largest absolute Gasteiger partial charge is 0.378 e. The Morgan fingerprint density at radius 2 is 1.52 bits per heavy atom. The van der Waals surface area contributed by atoms with Gasteiger partial charge in [0.25, 0.3) is 0 Å². The second-order valence-corrected chi connectivity index (χ2v) is 6.68. The van der Waals surface area contributed by atoms with Crippen molar-refractivity contribution in [3.63, 3.8) is 0 Å². The average Bonchev–Trinajstić information content (AvgIpc) is 2.42. The zero-order chi connectivity index (χ0) is 15.6. The van der Waals surface area contributed by atoms with Gasteiger partial charge in [-0.05, 0) is 61.7 Å². The molecule has 2 aromatic carbocycles. The molecule has 1 unspecified atom stereocenters. The first-order chi connectivity index (χ1) is 9.88. The van der Waals surface area contributed by atoms with Crippen molar-refractivity contribution in [2.75, 3.05) is 24.3 Å². The van der Waals surface area contributed by atoms with Crippen molar-refractivity contribution in [2.24, 2.45) is 0 Å². The third-order valence-electron chi connectivity index (χ3n) is 3.77. The van der Waals surface area contributed by atoms with Gasteiger partial charge in [-0.1, -0.05) is 28.1 Å². The molecule has 1 N–H and O–H groups in total. The molecule has 0 aliphatic heterocycles. The molecule has 0 aromatic heterocycles. The number of rotatable bonds is 4. The summed E-state index contributed by atoms with van der Waals surface area (Å²) in [6, 6.07) is 13.3. The van der Waals surface area contributed by atoms with Crippen LogP contribution in [0.25, 0.3) is 0 Å². The molecule has 0 aliphatic carbocycles. The molecule has 2 nitrogen and oxygen atoms in total. The predicted octanol–water partition coefficient (Wildman–Crippen LogP) is 5.31. The third-order valence-corrected chi connectivity index (χ3v) is 4.23. The minimum Gasteiger partial charge on any atom is -0.378 e. The second-order valence-electron chi connectivity index (χ2n) is 5.77. The molecule has 112 valence electrons. The normalized spacial score (nSPS) is 12.1. The fraction of sp³-hybridized carbons (Fsp3) is 0.333. The van der Waals surface area contributed by atoms with Gasteiger partial charge in [-0.2, -0.15) is 0 Å². The van der Waals surface area contributed by atoms with Crippen LogP contribution in [0.5, 0.6) is 0 Å². The van der Waals surface area contributed by atoms with Crippen LogP contribution in [0.4, 0.5) is 11.4 Å². The SMILES string of the molecule is Cc1cc(Br)cc(C)c1NC(C)c1ccc(N(C)C)cc1. The van der Waals surface area contributed by atoms with Crippen LogP contribution in [0, 0.1) is 13.8 Å². The van der Waals surface area contributed by atoms with Gasteiger partial charge < -0.3 is 10.2 Å². The van der Waals surface area contributed by atoms with Crippen molar-refractivity contribution in [2.45, 2.75) is 26.8 Å². The van der Waals surface area contributed by atoms with Crippen LogP contribution in [0.15, 0.2) is 40.9 Å². The molecule has 0 radical (unpaired) electrons. The van der Waals surface area contributed by atoms with E-state index in [9.17, 15) is 0 Å². The van der Waals surface area contributed by atoms with E-state index in [1.165, 1.54) is 28.1 Å². The Hall–Kier alpha value is -1.48. The first-order valence-electron chi connectivity index (χ1n) is 7.19. The first-order valence-corrected chi connectivity index (χ1v) is 7.98. The van der Waals surface area contributed by atoms with Gasteiger partial charge in [0.2, 0.25) is 0 Å². The van der Waals surface area contributed by atoms with E-state index in [-0.39, 0.29) is 6.04 Å². The molecule has 2 rings (SSSR count). The monoisotopic (exact) mass is 346 g/mol. The highest BCUT2D eigenvalue weighted by molar-refractivity contribution is 9.10. The zero-order valence-electron chi connectivity index (χ0n) is 13.4. The lowest BCUT2D eigenvalue weighted by Crippen LogP contribution is -2.11. The van der Waals surface area contributed by atoms with Crippen LogP contribution in [0.2, 0.25) is 0 Å². The van der Waals surface area contributed by atoms with E-state index in [4.69, 9.17) is 0 Å². The minimum atomic E-state index is 0.278. The second kappa shape index (κ2) is 6.52. The van der Waals surface area contributed by atoms with Gasteiger partial charge in [0.15, 0.2) is 0 Å². The lowest BCUT2D eigenvalue weighted by molar-refractivity contribution is 0.879. The van der Waals surface area contributed by atoms with Crippen LogP contribution in [0.3, 0.4) is 0 Å². The summed E-state index contributed by atoms with van der Waals surface area (Å²) in [5, 5.41) is 3.64. The molecule has 0 bridgehead atoms. The van der Waals surface area contributed by atoms with E-state index in [0.717, 1.165) is 4.47 Å². The highest BCUT2D eigenvalue weighted by Gasteiger charge is 2.10. The highest BCUT2D eigenvalue weighted by atomic mass is 79.9. The Balaban J connectivity index is 2.20. The quantitative estimate of drug-likeness (QED) is 0.807. The van der Waals surface area contributed by atoms with Crippen molar-refractivity contribution in [1.82, 2.24) is 0 Å². The fourth-order valence-electron chi connectivity index (χ4n) is 2.50. The topological polar surface area (TPSA) is 15.3 Å². The van der Waals surface area contributed by atoms with E-state index in [0.29, 0.717) is 0 Å². The van der Waals surface area contributed by atoms with Crippen molar-refractivity contribution in [3.05, 3.63) is 57.6 Å². The molecule has 0 fully saturated rings. The van der Waals surface area contributed by atoms with Gasteiger partial charge >= 0.3 is 0 Å². The number of benzene rings is 2. The molecule has 3 heteroatoms. The number of nitrogens with one attached hydrogen (secondary N) is 1. The Labute approximate surface area is 136 Å². The Morgan fingerprint density at radius 3 is 2.00 bits per heavy atom. The standard InChI is InChI=1S/C18H23BrN2/c1-12-10-16(19)11-13(2)18(12)20-14(3)15-6-8-17(9-7-15)21(4)5/h6-11,14,20H,1-5H3. The van der Waals surface area contributed by atoms with Gasteiger partial charge in [-0.25, -0.2) is 0 Å². The van der Waals surface area contributed by atoms with Gasteiger partial charge in [0.05, 0.1) is 0 Å². The van der Waals surface area contributed by atoms with Gasteiger partial charge in [0.1, 0.15) is 0 Å². The maximum atomic E-state index is 3.64. The Morgan fingerprint density at radius 1 is 1.00 bits per heavy atom. The molecule has 0 saturated carbocycles. The smallest absolute Gasteiger partial charge is 0.0485 e. The zero-order valence-corrected chi connectivity index (χ0v) is 15.0. The van der Waals surface area contributed by atoms with Gasteiger partial charge in [-0.3, -0.25) is 0 Å². The molecular formula is C18H23BrN2. The summed E-state index contributed by atoms with van der Waals surface area (Å²) in [7, 11) is 4.12. The lowest BCUT2D eigenvalue weighted by atomic mass is 10.0. The predicted molar refractivity (Wildman–Crippen MR) is 96.4 cm³/mol. The summed E-state index contributed by atoms with van der Waals surface area (Å²) in [4.78, 5) is 2.12. The molecule has 0 saturated heterocycles. The van der Waals surface area contributed by atoms with Crippen LogP contribution < -0.4 is 10.2 Å². The molecule has 0 spiro atoms. The molecule has 0 aliphatic rings. The Bertz CT molecular complexity index is 595. The van der Waals surface area contributed by atoms with E-state index in [2.05, 4.69) is 97.4 Å².